The molecule has 6 nitrogen and oxygen atoms in total. The quantitative estimate of drug-likeness (QED) is 0.721. The van der Waals surface area contributed by atoms with Crippen molar-refractivity contribution in [3.63, 3.8) is 0 Å². The van der Waals surface area contributed by atoms with Crippen molar-refractivity contribution in [3.8, 4) is 16.8 Å². The largest absolute Gasteiger partial charge is 0.629 e. The van der Waals surface area contributed by atoms with E-state index < -0.39 is 5.97 Å². The van der Waals surface area contributed by atoms with E-state index in [0.717, 1.165) is 16.8 Å². The second-order valence-electron chi connectivity index (χ2n) is 5.13. The van der Waals surface area contributed by atoms with E-state index in [1.807, 2.05) is 24.4 Å². The number of hydrogen-bond donors (Lipinski definition) is 2. The number of hydrogen-bond acceptors (Lipinski definition) is 3. The van der Waals surface area contributed by atoms with Crippen molar-refractivity contribution < 1.29 is 15.0 Å². The number of quaternary nitrogens is 1. The minimum atomic E-state index is -0.965. The molecule has 0 aliphatic rings. The molecule has 2 N–H and O–H groups in total. The van der Waals surface area contributed by atoms with Crippen molar-refractivity contribution in [2.24, 2.45) is 0 Å². The lowest BCUT2D eigenvalue weighted by atomic mass is 10.1. The average Bonchev–Trinajstić information content (AvgIpc) is 3.04. The molecule has 0 radical (unpaired) electrons. The van der Waals surface area contributed by atoms with Crippen LogP contribution in [0.3, 0.4) is 0 Å². The smallest absolute Gasteiger partial charge is 0.335 e. The first-order valence-corrected chi connectivity index (χ1v) is 7.05. The first kappa shape index (κ1) is 15.0. The zero-order valence-corrected chi connectivity index (χ0v) is 12.4. The van der Waals surface area contributed by atoms with Crippen LogP contribution >= 0.6 is 0 Å². The molecule has 116 valence electrons. The Hall–Kier alpha value is -2.96. The van der Waals surface area contributed by atoms with Crippen LogP contribution in [0.15, 0.2) is 60.9 Å². The van der Waals surface area contributed by atoms with Crippen molar-refractivity contribution >= 4 is 11.7 Å². The number of para-hydroxylation sites is 1. The molecule has 1 aromatic heterocycles. The maximum absolute atomic E-state index is 11.7. The van der Waals surface area contributed by atoms with Gasteiger partial charge in [0, 0.05) is 17.3 Å². The van der Waals surface area contributed by atoms with Gasteiger partial charge in [0.25, 0.3) is 0 Å². The van der Waals surface area contributed by atoms with E-state index in [0.29, 0.717) is 5.69 Å². The summed E-state index contributed by atoms with van der Waals surface area (Å²) in [6, 6.07) is 13.8. The van der Waals surface area contributed by atoms with E-state index in [2.05, 4.69) is 5.10 Å². The van der Waals surface area contributed by atoms with Gasteiger partial charge in [-0.15, -0.1) is 0 Å². The Morgan fingerprint density at radius 2 is 1.87 bits per heavy atom. The number of aromatic carboxylic acids is 1. The summed E-state index contributed by atoms with van der Waals surface area (Å²) in [5.74, 6) is -0.965. The molecule has 0 bridgehead atoms. The van der Waals surface area contributed by atoms with Crippen LogP contribution in [-0.2, 0) is 0 Å². The molecule has 3 aromatic rings. The predicted octanol–water partition coefficient (Wildman–Crippen LogP) is 1.88. The van der Waals surface area contributed by atoms with Crippen molar-refractivity contribution in [3.05, 3.63) is 71.7 Å². The highest BCUT2D eigenvalue weighted by atomic mass is 16.5. The van der Waals surface area contributed by atoms with Crippen molar-refractivity contribution in [2.45, 2.75) is 0 Å². The first-order chi connectivity index (χ1) is 11.1. The first-order valence-electron chi connectivity index (χ1n) is 7.05. The van der Waals surface area contributed by atoms with Crippen molar-refractivity contribution in [1.29, 1.82) is 0 Å². The van der Waals surface area contributed by atoms with E-state index in [1.165, 1.54) is 19.2 Å². The molecule has 6 heteroatoms. The zero-order chi connectivity index (χ0) is 16.4. The van der Waals surface area contributed by atoms with Gasteiger partial charge in [-0.1, -0.05) is 12.1 Å². The van der Waals surface area contributed by atoms with Gasteiger partial charge in [0.15, 0.2) is 0 Å². The fraction of sp³-hybridized carbons (Fsp3) is 0.0588. The maximum Gasteiger partial charge on any atom is 0.335 e. The standard InChI is InChI=1S/C17H15N3O3/c1-19(23)16-5-3-2-4-15(16)13-10-18-20(11-13)14-8-6-12(7-9-14)17(21)22/h2-11,19H,1H3,(H,21,22). The summed E-state index contributed by atoms with van der Waals surface area (Å²) >= 11 is 0. The molecule has 1 unspecified atom stereocenters. The lowest BCUT2D eigenvalue weighted by Gasteiger charge is -2.18. The molecule has 0 saturated carbocycles. The number of carboxylic acids is 1. The number of aromatic nitrogens is 2. The van der Waals surface area contributed by atoms with E-state index in [-0.39, 0.29) is 10.6 Å². The monoisotopic (exact) mass is 309 g/mol. The third kappa shape index (κ3) is 2.98. The van der Waals surface area contributed by atoms with Crippen LogP contribution < -0.4 is 5.06 Å². The average molecular weight is 309 g/mol. The molecule has 0 fully saturated rings. The Labute approximate surface area is 132 Å². The van der Waals surface area contributed by atoms with Crippen LogP contribution in [0.4, 0.5) is 5.69 Å². The number of nitrogens with one attached hydrogen (secondary N) is 1. The van der Waals surface area contributed by atoms with Crippen LogP contribution in [0.2, 0.25) is 0 Å². The molecular weight excluding hydrogens is 294 g/mol. The Morgan fingerprint density at radius 1 is 1.17 bits per heavy atom. The Kier molecular flexibility index (Phi) is 3.92. The lowest BCUT2D eigenvalue weighted by Crippen LogP contribution is -2.98. The van der Waals surface area contributed by atoms with Gasteiger partial charge < -0.3 is 15.4 Å². The molecule has 0 aliphatic heterocycles. The molecule has 0 amide bonds. The highest BCUT2D eigenvalue weighted by Crippen LogP contribution is 2.25. The summed E-state index contributed by atoms with van der Waals surface area (Å²) in [5.41, 5.74) is 3.28. The SMILES string of the molecule is C[NH+]([O-])c1ccccc1-c1cnn(-c2ccc(C(=O)O)cc2)c1. The Bertz CT molecular complexity index is 838. The molecule has 3 rings (SSSR count). The highest BCUT2D eigenvalue weighted by molar-refractivity contribution is 5.87. The van der Waals surface area contributed by atoms with Crippen LogP contribution in [-0.4, -0.2) is 27.9 Å². The van der Waals surface area contributed by atoms with Crippen LogP contribution in [0.1, 0.15) is 10.4 Å². The van der Waals surface area contributed by atoms with E-state index in [1.54, 1.807) is 29.1 Å². The number of hydroxylamine groups is 1. The van der Waals surface area contributed by atoms with Gasteiger partial charge in [0.05, 0.1) is 24.5 Å². The predicted molar refractivity (Wildman–Crippen MR) is 85.9 cm³/mol. The van der Waals surface area contributed by atoms with Gasteiger partial charge in [0.1, 0.15) is 5.69 Å². The third-order valence-corrected chi connectivity index (χ3v) is 3.58. The van der Waals surface area contributed by atoms with Crippen LogP contribution in [0.25, 0.3) is 16.8 Å². The van der Waals surface area contributed by atoms with Gasteiger partial charge in [-0.25, -0.2) is 9.48 Å². The molecule has 1 atom stereocenters. The number of carbonyl (C=O) groups is 1. The summed E-state index contributed by atoms with van der Waals surface area (Å²) < 4.78 is 1.65. The minimum Gasteiger partial charge on any atom is -0.629 e. The van der Waals surface area contributed by atoms with E-state index >= 15 is 0 Å². The highest BCUT2D eigenvalue weighted by Gasteiger charge is 2.11. The van der Waals surface area contributed by atoms with E-state index in [9.17, 15) is 10.0 Å². The normalized spacial score (nSPS) is 12.1. The van der Waals surface area contributed by atoms with Gasteiger partial charge >= 0.3 is 5.97 Å². The second kappa shape index (κ2) is 6.04. The summed E-state index contributed by atoms with van der Waals surface area (Å²) in [7, 11) is 1.54. The zero-order valence-electron chi connectivity index (χ0n) is 12.4. The number of carboxylic acid groups (broad SMARTS) is 1. The summed E-state index contributed by atoms with van der Waals surface area (Å²) in [6.45, 7) is 0. The van der Waals surface area contributed by atoms with E-state index in [4.69, 9.17) is 5.11 Å². The number of nitrogens with zero attached hydrogens (tertiary/aromatic N) is 2. The molecule has 2 aromatic carbocycles. The van der Waals surface area contributed by atoms with Crippen LogP contribution in [0.5, 0.6) is 0 Å². The van der Waals surface area contributed by atoms with Crippen LogP contribution in [0, 0.1) is 5.21 Å². The topological polar surface area (TPSA) is 82.6 Å². The van der Waals surface area contributed by atoms with Gasteiger partial charge in [0.2, 0.25) is 0 Å². The lowest BCUT2D eigenvalue weighted by molar-refractivity contribution is -0.751. The maximum atomic E-state index is 11.7. The summed E-state index contributed by atoms with van der Waals surface area (Å²) in [5, 5.41) is 25.0. The third-order valence-electron chi connectivity index (χ3n) is 3.58. The minimum absolute atomic E-state index is 0.000777. The molecule has 1 heterocycles. The molecule has 23 heavy (non-hydrogen) atoms. The molecule has 0 saturated heterocycles. The molecular formula is C17H15N3O3. The summed E-state index contributed by atoms with van der Waals surface area (Å²) in [6.07, 6.45) is 3.50. The Morgan fingerprint density at radius 3 is 2.52 bits per heavy atom. The van der Waals surface area contributed by atoms with Crippen molar-refractivity contribution in [2.75, 3.05) is 7.05 Å². The summed E-state index contributed by atoms with van der Waals surface area (Å²) in [4.78, 5) is 10.9. The van der Waals surface area contributed by atoms with Crippen molar-refractivity contribution in [1.82, 2.24) is 9.78 Å². The van der Waals surface area contributed by atoms with Gasteiger partial charge in [-0.3, -0.25) is 0 Å². The molecule has 0 aliphatic carbocycles. The second-order valence-corrected chi connectivity index (χ2v) is 5.13. The number of benzene rings is 2. The van der Waals surface area contributed by atoms with Gasteiger partial charge in [-0.05, 0) is 36.4 Å². The fourth-order valence-electron chi connectivity index (χ4n) is 2.40. The fourth-order valence-corrected chi connectivity index (χ4v) is 2.40. The van der Waals surface area contributed by atoms with Gasteiger partial charge in [-0.2, -0.15) is 5.10 Å². The molecule has 0 spiro atoms. The Balaban J connectivity index is 1.96. The number of rotatable bonds is 4.